The normalized spacial score (nSPS) is 20.0. The Labute approximate surface area is 129 Å². The second kappa shape index (κ2) is 6.80. The molecular formula is C18H29N3. The lowest BCUT2D eigenvalue weighted by atomic mass is 10.1. The van der Waals surface area contributed by atoms with Crippen LogP contribution >= 0.6 is 0 Å². The molecule has 3 heteroatoms. The molecule has 0 atom stereocenters. The van der Waals surface area contributed by atoms with E-state index in [9.17, 15) is 0 Å². The number of piperazine rings is 1. The van der Waals surface area contributed by atoms with Gasteiger partial charge in [-0.2, -0.15) is 0 Å². The molecule has 1 aromatic carbocycles. The summed E-state index contributed by atoms with van der Waals surface area (Å²) in [4.78, 5) is 5.18. The van der Waals surface area contributed by atoms with Crippen LogP contribution in [0.1, 0.15) is 30.4 Å². The smallest absolute Gasteiger partial charge is 0.0399 e. The van der Waals surface area contributed by atoms with Gasteiger partial charge in [0.1, 0.15) is 0 Å². The molecule has 116 valence electrons. The molecular weight excluding hydrogens is 258 g/mol. The van der Waals surface area contributed by atoms with Gasteiger partial charge in [-0.25, -0.2) is 0 Å². The van der Waals surface area contributed by atoms with Crippen molar-refractivity contribution < 1.29 is 0 Å². The Hall–Kier alpha value is -1.06. The summed E-state index contributed by atoms with van der Waals surface area (Å²) in [6, 6.07) is 7.53. The Morgan fingerprint density at radius 1 is 1.10 bits per heavy atom. The van der Waals surface area contributed by atoms with E-state index in [1.807, 2.05) is 0 Å². The van der Waals surface area contributed by atoms with E-state index in [2.05, 4.69) is 47.2 Å². The molecule has 2 fully saturated rings. The first-order valence-electron chi connectivity index (χ1n) is 8.51. The average Bonchev–Trinajstić information content (AvgIpc) is 3.32. The predicted molar refractivity (Wildman–Crippen MR) is 90.2 cm³/mol. The van der Waals surface area contributed by atoms with Crippen LogP contribution in [0.15, 0.2) is 18.2 Å². The van der Waals surface area contributed by atoms with Crippen molar-refractivity contribution in [3.63, 3.8) is 0 Å². The van der Waals surface area contributed by atoms with E-state index in [-0.39, 0.29) is 0 Å². The Morgan fingerprint density at radius 2 is 1.86 bits per heavy atom. The molecule has 0 radical (unpaired) electrons. The standard InChI is InChI=1S/C18H29N3/c1-15-5-3-6-18(16(15)2)21-13-11-20(12-14-21)10-4-9-19-17-7-8-17/h3,5-6,17,19H,4,7-14H2,1-2H3. The Bertz CT molecular complexity index is 460. The summed E-state index contributed by atoms with van der Waals surface area (Å²) in [5.41, 5.74) is 4.28. The van der Waals surface area contributed by atoms with Crippen LogP contribution in [-0.4, -0.2) is 50.2 Å². The van der Waals surface area contributed by atoms with E-state index in [4.69, 9.17) is 0 Å². The van der Waals surface area contributed by atoms with Crippen LogP contribution in [0.3, 0.4) is 0 Å². The van der Waals surface area contributed by atoms with Crippen LogP contribution in [0.4, 0.5) is 5.69 Å². The van der Waals surface area contributed by atoms with Gasteiger partial charge in [-0.05, 0) is 63.4 Å². The number of rotatable bonds is 6. The van der Waals surface area contributed by atoms with E-state index in [0.29, 0.717) is 0 Å². The quantitative estimate of drug-likeness (QED) is 0.811. The zero-order valence-corrected chi connectivity index (χ0v) is 13.6. The summed E-state index contributed by atoms with van der Waals surface area (Å²) in [5.74, 6) is 0. The molecule has 1 aliphatic carbocycles. The fourth-order valence-electron chi connectivity index (χ4n) is 3.19. The highest BCUT2D eigenvalue weighted by Gasteiger charge is 2.21. The SMILES string of the molecule is Cc1cccc(N2CCN(CCCNC3CC3)CC2)c1C. The number of hydrogen-bond donors (Lipinski definition) is 1. The average molecular weight is 287 g/mol. The van der Waals surface area contributed by atoms with Crippen molar-refractivity contribution in [2.75, 3.05) is 44.2 Å². The number of hydrogen-bond acceptors (Lipinski definition) is 3. The molecule has 1 heterocycles. The molecule has 1 saturated heterocycles. The minimum absolute atomic E-state index is 0.853. The van der Waals surface area contributed by atoms with Crippen LogP contribution in [0.5, 0.6) is 0 Å². The highest BCUT2D eigenvalue weighted by atomic mass is 15.3. The molecule has 1 aromatic rings. The van der Waals surface area contributed by atoms with Crippen molar-refractivity contribution in [2.45, 2.75) is 39.2 Å². The first-order valence-corrected chi connectivity index (χ1v) is 8.51. The molecule has 1 saturated carbocycles. The van der Waals surface area contributed by atoms with Gasteiger partial charge in [-0.3, -0.25) is 4.90 Å². The number of benzene rings is 1. The molecule has 21 heavy (non-hydrogen) atoms. The van der Waals surface area contributed by atoms with Crippen molar-refractivity contribution in [1.82, 2.24) is 10.2 Å². The molecule has 3 nitrogen and oxygen atoms in total. The Kier molecular flexibility index (Phi) is 4.81. The van der Waals surface area contributed by atoms with E-state index < -0.39 is 0 Å². The van der Waals surface area contributed by atoms with E-state index in [0.717, 1.165) is 6.04 Å². The molecule has 0 amide bonds. The number of anilines is 1. The van der Waals surface area contributed by atoms with Crippen molar-refractivity contribution in [3.05, 3.63) is 29.3 Å². The van der Waals surface area contributed by atoms with E-state index in [1.54, 1.807) is 0 Å². The second-order valence-corrected chi connectivity index (χ2v) is 6.63. The van der Waals surface area contributed by atoms with Gasteiger partial charge >= 0.3 is 0 Å². The number of aryl methyl sites for hydroxylation is 1. The topological polar surface area (TPSA) is 18.5 Å². The van der Waals surface area contributed by atoms with Crippen molar-refractivity contribution in [3.8, 4) is 0 Å². The molecule has 3 rings (SSSR count). The van der Waals surface area contributed by atoms with Crippen LogP contribution < -0.4 is 10.2 Å². The highest BCUT2D eigenvalue weighted by Crippen LogP contribution is 2.23. The lowest BCUT2D eigenvalue weighted by Crippen LogP contribution is -2.47. The van der Waals surface area contributed by atoms with Crippen molar-refractivity contribution in [2.24, 2.45) is 0 Å². The monoisotopic (exact) mass is 287 g/mol. The third-order valence-electron chi connectivity index (χ3n) is 4.95. The number of nitrogens with zero attached hydrogens (tertiary/aromatic N) is 2. The summed E-state index contributed by atoms with van der Waals surface area (Å²) < 4.78 is 0. The first-order chi connectivity index (χ1) is 10.2. The Balaban J connectivity index is 1.42. The zero-order chi connectivity index (χ0) is 14.7. The minimum atomic E-state index is 0.853. The van der Waals surface area contributed by atoms with Crippen molar-refractivity contribution >= 4 is 5.69 Å². The second-order valence-electron chi connectivity index (χ2n) is 6.63. The molecule has 0 bridgehead atoms. The third-order valence-corrected chi connectivity index (χ3v) is 4.95. The maximum absolute atomic E-state index is 3.61. The maximum Gasteiger partial charge on any atom is 0.0399 e. The van der Waals surface area contributed by atoms with E-state index >= 15 is 0 Å². The van der Waals surface area contributed by atoms with Gasteiger partial charge in [0.15, 0.2) is 0 Å². The molecule has 1 aliphatic heterocycles. The van der Waals surface area contributed by atoms with Gasteiger partial charge in [0.05, 0.1) is 0 Å². The summed E-state index contributed by atoms with van der Waals surface area (Å²) in [7, 11) is 0. The van der Waals surface area contributed by atoms with Crippen LogP contribution in [-0.2, 0) is 0 Å². The van der Waals surface area contributed by atoms with E-state index in [1.165, 1.54) is 75.3 Å². The lowest BCUT2D eigenvalue weighted by molar-refractivity contribution is 0.254. The largest absolute Gasteiger partial charge is 0.369 e. The summed E-state index contributed by atoms with van der Waals surface area (Å²) in [6.07, 6.45) is 4.09. The Morgan fingerprint density at radius 3 is 2.57 bits per heavy atom. The van der Waals surface area contributed by atoms with Gasteiger partial charge in [0.25, 0.3) is 0 Å². The van der Waals surface area contributed by atoms with Gasteiger partial charge < -0.3 is 10.2 Å². The number of nitrogens with one attached hydrogen (secondary N) is 1. The maximum atomic E-state index is 3.61. The first kappa shape index (κ1) is 14.9. The summed E-state index contributed by atoms with van der Waals surface area (Å²) in [6.45, 7) is 11.7. The van der Waals surface area contributed by atoms with Crippen LogP contribution in [0.2, 0.25) is 0 Å². The fraction of sp³-hybridized carbons (Fsp3) is 0.667. The molecule has 1 N–H and O–H groups in total. The zero-order valence-electron chi connectivity index (χ0n) is 13.6. The molecule has 0 unspecified atom stereocenters. The van der Waals surface area contributed by atoms with Crippen LogP contribution in [0.25, 0.3) is 0 Å². The minimum Gasteiger partial charge on any atom is -0.369 e. The van der Waals surface area contributed by atoms with Gasteiger partial charge in [0.2, 0.25) is 0 Å². The summed E-state index contributed by atoms with van der Waals surface area (Å²) >= 11 is 0. The van der Waals surface area contributed by atoms with Gasteiger partial charge in [-0.15, -0.1) is 0 Å². The highest BCUT2D eigenvalue weighted by molar-refractivity contribution is 5.56. The van der Waals surface area contributed by atoms with Gasteiger partial charge in [0, 0.05) is 37.9 Å². The van der Waals surface area contributed by atoms with Crippen LogP contribution in [0, 0.1) is 13.8 Å². The molecule has 0 aromatic heterocycles. The predicted octanol–water partition coefficient (Wildman–Crippen LogP) is 2.57. The van der Waals surface area contributed by atoms with Gasteiger partial charge in [-0.1, -0.05) is 12.1 Å². The van der Waals surface area contributed by atoms with Crippen molar-refractivity contribution in [1.29, 1.82) is 0 Å². The fourth-order valence-corrected chi connectivity index (χ4v) is 3.19. The third kappa shape index (κ3) is 3.98. The summed E-state index contributed by atoms with van der Waals surface area (Å²) in [5, 5.41) is 3.61. The lowest BCUT2D eigenvalue weighted by Gasteiger charge is -2.37. The molecule has 0 spiro atoms. The molecule has 2 aliphatic rings.